The van der Waals surface area contributed by atoms with Gasteiger partial charge in [-0.05, 0) is 67.1 Å². The zero-order valence-corrected chi connectivity index (χ0v) is 17.4. The molecule has 1 aliphatic carbocycles. The molecule has 1 saturated carbocycles. The number of para-hydroxylation sites is 1. The Balaban J connectivity index is 1.93. The van der Waals surface area contributed by atoms with Gasteiger partial charge < -0.3 is 4.74 Å². The van der Waals surface area contributed by atoms with Gasteiger partial charge in [-0.2, -0.15) is 18.3 Å². The first-order valence-electron chi connectivity index (χ1n) is 9.54. The number of benzene rings is 2. The number of hydrogen-bond donors (Lipinski definition) is 1. The van der Waals surface area contributed by atoms with Crippen LogP contribution in [0.4, 0.5) is 13.2 Å². The number of aromatic nitrogens is 2. The molecule has 6 nitrogen and oxygen atoms in total. The van der Waals surface area contributed by atoms with Crippen molar-refractivity contribution in [2.75, 3.05) is 7.11 Å². The first-order chi connectivity index (χ1) is 14.6. The number of hydrogen-bond acceptors (Lipinski definition) is 4. The van der Waals surface area contributed by atoms with Crippen LogP contribution in [0.3, 0.4) is 0 Å². The Morgan fingerprint density at radius 1 is 1.16 bits per heavy atom. The molecule has 0 amide bonds. The number of ether oxygens (including phenoxy) is 1. The third-order valence-electron chi connectivity index (χ3n) is 5.18. The molecule has 164 valence electrons. The molecule has 3 aromatic rings. The van der Waals surface area contributed by atoms with E-state index in [1.807, 2.05) is 0 Å². The van der Waals surface area contributed by atoms with Crippen LogP contribution in [0.1, 0.15) is 24.1 Å². The summed E-state index contributed by atoms with van der Waals surface area (Å²) in [5.74, 6) is 1.19. The zero-order valence-electron chi connectivity index (χ0n) is 16.6. The third kappa shape index (κ3) is 4.45. The minimum atomic E-state index is -4.71. The molecule has 1 fully saturated rings. The Morgan fingerprint density at radius 2 is 1.87 bits per heavy atom. The number of sulfonamides is 1. The highest BCUT2D eigenvalue weighted by molar-refractivity contribution is 7.89. The number of methoxy groups -OCH3 is 1. The summed E-state index contributed by atoms with van der Waals surface area (Å²) in [6.45, 7) is 0. The van der Waals surface area contributed by atoms with Crippen LogP contribution in [0.15, 0.2) is 53.4 Å². The van der Waals surface area contributed by atoms with Crippen LogP contribution >= 0.6 is 0 Å². The molecule has 0 spiro atoms. The fraction of sp³-hybridized carbons (Fsp3) is 0.286. The van der Waals surface area contributed by atoms with Crippen molar-refractivity contribution in [2.45, 2.75) is 30.3 Å². The van der Waals surface area contributed by atoms with Gasteiger partial charge in [0.15, 0.2) is 5.69 Å². The van der Waals surface area contributed by atoms with Crippen molar-refractivity contribution in [3.63, 3.8) is 0 Å². The van der Waals surface area contributed by atoms with Crippen LogP contribution in [0.5, 0.6) is 5.75 Å². The van der Waals surface area contributed by atoms with Gasteiger partial charge in [0, 0.05) is 5.56 Å². The first-order valence-corrected chi connectivity index (χ1v) is 11.1. The molecule has 0 bridgehead atoms. The lowest BCUT2D eigenvalue weighted by atomic mass is 10.0. The predicted molar refractivity (Wildman–Crippen MR) is 108 cm³/mol. The maximum absolute atomic E-state index is 13.5. The van der Waals surface area contributed by atoms with E-state index < -0.39 is 21.9 Å². The van der Waals surface area contributed by atoms with E-state index in [0.717, 1.165) is 35.6 Å². The summed E-state index contributed by atoms with van der Waals surface area (Å²) in [5, 5.41) is 8.98. The highest BCUT2D eigenvalue weighted by atomic mass is 32.2. The van der Waals surface area contributed by atoms with E-state index in [4.69, 9.17) is 9.88 Å². The Hall–Kier alpha value is -2.85. The molecular weight excluding hydrogens is 431 g/mol. The van der Waals surface area contributed by atoms with Crippen molar-refractivity contribution in [3.8, 4) is 22.7 Å². The number of nitrogens with zero attached hydrogens (tertiary/aromatic N) is 2. The Labute approximate surface area is 177 Å². The smallest absolute Gasteiger partial charge is 0.435 e. The van der Waals surface area contributed by atoms with Crippen molar-refractivity contribution >= 4 is 10.0 Å². The molecule has 0 radical (unpaired) electrons. The van der Waals surface area contributed by atoms with Gasteiger partial charge in [-0.15, -0.1) is 0 Å². The summed E-state index contributed by atoms with van der Waals surface area (Å²) < 4.78 is 70.9. The quantitative estimate of drug-likeness (QED) is 0.610. The third-order valence-corrected chi connectivity index (χ3v) is 6.14. The highest BCUT2D eigenvalue weighted by Gasteiger charge is 2.36. The molecule has 0 aliphatic heterocycles. The summed E-state index contributed by atoms with van der Waals surface area (Å²) in [7, 11) is -2.65. The van der Waals surface area contributed by atoms with Crippen molar-refractivity contribution in [2.24, 2.45) is 11.1 Å². The van der Waals surface area contributed by atoms with E-state index >= 15 is 0 Å². The second-order valence-electron chi connectivity index (χ2n) is 7.51. The molecule has 1 heterocycles. The molecule has 0 atom stereocenters. The molecule has 2 N–H and O–H groups in total. The van der Waals surface area contributed by atoms with Crippen molar-refractivity contribution < 1.29 is 26.3 Å². The van der Waals surface area contributed by atoms with Crippen LogP contribution < -0.4 is 9.88 Å². The Bertz CT molecular complexity index is 1230. The number of alkyl halides is 3. The SMILES string of the molecule is COc1ccc(-c2cc(C(F)(F)F)nn2-c2ccccc2S(N)(=O)=O)cc1CC1CC1. The summed E-state index contributed by atoms with van der Waals surface area (Å²) in [6.07, 6.45) is -1.75. The van der Waals surface area contributed by atoms with Crippen LogP contribution in [-0.4, -0.2) is 25.3 Å². The van der Waals surface area contributed by atoms with Crippen molar-refractivity contribution in [1.29, 1.82) is 0 Å². The fourth-order valence-corrected chi connectivity index (χ4v) is 4.23. The second kappa shape index (κ2) is 7.69. The summed E-state index contributed by atoms with van der Waals surface area (Å²) in [6, 6.07) is 11.5. The summed E-state index contributed by atoms with van der Waals surface area (Å²) >= 11 is 0. The van der Waals surface area contributed by atoms with Gasteiger partial charge in [0.2, 0.25) is 10.0 Å². The lowest BCUT2D eigenvalue weighted by Crippen LogP contribution is -2.16. The van der Waals surface area contributed by atoms with E-state index in [1.54, 1.807) is 25.3 Å². The summed E-state index contributed by atoms with van der Waals surface area (Å²) in [4.78, 5) is -0.320. The van der Waals surface area contributed by atoms with Gasteiger partial charge in [0.25, 0.3) is 0 Å². The molecule has 2 aromatic carbocycles. The van der Waals surface area contributed by atoms with Crippen molar-refractivity contribution in [1.82, 2.24) is 9.78 Å². The number of primary sulfonamides is 1. The lowest BCUT2D eigenvalue weighted by Gasteiger charge is -2.14. The maximum atomic E-state index is 13.5. The average molecular weight is 451 g/mol. The molecule has 10 heteroatoms. The monoisotopic (exact) mass is 451 g/mol. The van der Waals surface area contributed by atoms with Gasteiger partial charge in [-0.1, -0.05) is 12.1 Å². The van der Waals surface area contributed by atoms with Gasteiger partial charge in [-0.3, -0.25) is 0 Å². The van der Waals surface area contributed by atoms with E-state index in [9.17, 15) is 21.6 Å². The van der Waals surface area contributed by atoms with E-state index in [1.165, 1.54) is 24.3 Å². The van der Waals surface area contributed by atoms with Gasteiger partial charge in [0.05, 0.1) is 18.5 Å². The Morgan fingerprint density at radius 3 is 2.48 bits per heavy atom. The Kier molecular flexibility index (Phi) is 5.30. The molecule has 31 heavy (non-hydrogen) atoms. The van der Waals surface area contributed by atoms with Crippen molar-refractivity contribution in [3.05, 3.63) is 59.8 Å². The minimum Gasteiger partial charge on any atom is -0.496 e. The highest BCUT2D eigenvalue weighted by Crippen LogP contribution is 2.39. The number of rotatable bonds is 6. The molecule has 0 unspecified atom stereocenters. The molecule has 4 rings (SSSR count). The van der Waals surface area contributed by atoms with E-state index in [2.05, 4.69) is 5.10 Å². The van der Waals surface area contributed by atoms with Crippen LogP contribution in [0.25, 0.3) is 16.9 Å². The standard InChI is InChI=1S/C21H20F3N3O3S/c1-30-18-9-8-14(11-15(18)10-13-6-7-13)17-12-20(21(22,23)24)26-27(17)16-4-2-3-5-19(16)31(25,28)29/h2-5,8-9,11-13H,6-7,10H2,1H3,(H2,25,28,29). The van der Waals surface area contributed by atoms with Crippen LogP contribution in [0.2, 0.25) is 0 Å². The fourth-order valence-electron chi connectivity index (χ4n) is 3.51. The first kappa shape index (κ1) is 21.4. The molecule has 1 aliphatic rings. The zero-order chi connectivity index (χ0) is 22.4. The average Bonchev–Trinajstić information content (AvgIpc) is 3.39. The van der Waals surface area contributed by atoms with E-state index in [-0.39, 0.29) is 16.3 Å². The van der Waals surface area contributed by atoms with Crippen LogP contribution in [0, 0.1) is 5.92 Å². The number of halogens is 3. The normalized spacial score (nSPS) is 14.6. The lowest BCUT2D eigenvalue weighted by molar-refractivity contribution is -0.141. The van der Waals surface area contributed by atoms with Gasteiger partial charge in [-0.25, -0.2) is 18.2 Å². The summed E-state index contributed by atoms with van der Waals surface area (Å²) in [5.41, 5.74) is 0.247. The maximum Gasteiger partial charge on any atom is 0.435 e. The minimum absolute atomic E-state index is 0.0601. The second-order valence-corrected chi connectivity index (χ2v) is 9.04. The van der Waals surface area contributed by atoms with E-state index in [0.29, 0.717) is 17.2 Å². The topological polar surface area (TPSA) is 87.2 Å². The largest absolute Gasteiger partial charge is 0.496 e. The molecule has 1 aromatic heterocycles. The predicted octanol–water partition coefficient (Wildman–Crippen LogP) is 4.17. The number of nitrogens with two attached hydrogens (primary N) is 1. The molecular formula is C21H20F3N3O3S. The van der Waals surface area contributed by atoms with Crippen LogP contribution in [-0.2, 0) is 22.6 Å². The van der Waals surface area contributed by atoms with Gasteiger partial charge in [0.1, 0.15) is 10.6 Å². The van der Waals surface area contributed by atoms with Gasteiger partial charge >= 0.3 is 6.18 Å². The molecule has 0 saturated heterocycles.